The summed E-state index contributed by atoms with van der Waals surface area (Å²) in [7, 11) is 1.28. The van der Waals surface area contributed by atoms with Gasteiger partial charge in [0.2, 0.25) is 0 Å². The van der Waals surface area contributed by atoms with Gasteiger partial charge in [-0.1, -0.05) is 17.7 Å². The first kappa shape index (κ1) is 14.0. The minimum Gasteiger partial charge on any atom is -0.465 e. The number of pyridine rings is 1. The lowest BCUT2D eigenvalue weighted by molar-refractivity contribution is 0.0600. The number of carbonyl (C=O) groups is 2. The van der Waals surface area contributed by atoms with E-state index in [4.69, 9.17) is 11.6 Å². The number of aromatic nitrogens is 1. The summed E-state index contributed by atoms with van der Waals surface area (Å²) in [4.78, 5) is 27.4. The van der Waals surface area contributed by atoms with Gasteiger partial charge in [0.1, 0.15) is 5.82 Å². The third-order valence-electron chi connectivity index (χ3n) is 2.51. The van der Waals surface area contributed by atoms with E-state index in [0.29, 0.717) is 22.0 Å². The number of nitrogens with zero attached hydrogens (tertiary/aromatic N) is 1. The Bertz CT molecular complexity index is 641. The summed E-state index contributed by atoms with van der Waals surface area (Å²) in [5.41, 5.74) is 0.647. The summed E-state index contributed by atoms with van der Waals surface area (Å²) in [5, 5.41) is 3.09. The number of ether oxygens (including phenoxy) is 1. The van der Waals surface area contributed by atoms with Crippen molar-refractivity contribution in [3.63, 3.8) is 0 Å². The molecule has 5 nitrogen and oxygen atoms in total. The summed E-state index contributed by atoms with van der Waals surface area (Å²) in [6, 6.07) is 9.44. The molecule has 1 aromatic heterocycles. The van der Waals surface area contributed by atoms with Crippen molar-refractivity contribution >= 4 is 29.3 Å². The molecule has 0 unspecified atom stereocenters. The number of anilines is 1. The molecule has 0 aliphatic heterocycles. The highest BCUT2D eigenvalue weighted by Crippen LogP contribution is 2.12. The van der Waals surface area contributed by atoms with Crippen molar-refractivity contribution in [2.75, 3.05) is 12.4 Å². The van der Waals surface area contributed by atoms with Crippen LogP contribution < -0.4 is 5.32 Å². The van der Waals surface area contributed by atoms with Crippen molar-refractivity contribution in [3.8, 4) is 0 Å². The SMILES string of the molecule is COC(=O)c1cccc(C(=O)Nc2ccc(Cl)cn2)c1. The quantitative estimate of drug-likeness (QED) is 0.883. The van der Waals surface area contributed by atoms with Gasteiger partial charge in [-0.25, -0.2) is 9.78 Å². The number of hydrogen-bond acceptors (Lipinski definition) is 4. The van der Waals surface area contributed by atoms with Gasteiger partial charge in [-0.3, -0.25) is 4.79 Å². The van der Waals surface area contributed by atoms with Crippen LogP contribution in [0.4, 0.5) is 5.82 Å². The molecule has 2 rings (SSSR count). The van der Waals surface area contributed by atoms with E-state index in [1.54, 1.807) is 30.3 Å². The van der Waals surface area contributed by atoms with Crippen LogP contribution in [0.1, 0.15) is 20.7 Å². The molecule has 0 aliphatic rings. The number of hydrogen-bond donors (Lipinski definition) is 1. The number of halogens is 1. The molecule has 0 saturated heterocycles. The fourth-order valence-corrected chi connectivity index (χ4v) is 1.66. The molecule has 1 amide bonds. The lowest BCUT2D eigenvalue weighted by Gasteiger charge is -2.05. The van der Waals surface area contributed by atoms with E-state index >= 15 is 0 Å². The van der Waals surface area contributed by atoms with E-state index in [1.807, 2.05) is 0 Å². The normalized spacial score (nSPS) is 9.90. The van der Waals surface area contributed by atoms with Crippen molar-refractivity contribution in [1.29, 1.82) is 0 Å². The standard InChI is InChI=1S/C14H11ClN2O3/c1-20-14(19)10-4-2-3-9(7-10)13(18)17-12-6-5-11(15)8-16-12/h2-8H,1H3,(H,16,17,18). The lowest BCUT2D eigenvalue weighted by atomic mass is 10.1. The summed E-state index contributed by atoms with van der Waals surface area (Å²) in [5.74, 6) is -0.488. The molecule has 102 valence electrons. The smallest absolute Gasteiger partial charge is 0.337 e. The molecule has 6 heteroatoms. The zero-order chi connectivity index (χ0) is 14.5. The Morgan fingerprint density at radius 2 is 1.95 bits per heavy atom. The van der Waals surface area contributed by atoms with Gasteiger partial charge in [-0.15, -0.1) is 0 Å². The molecular weight excluding hydrogens is 280 g/mol. The number of amides is 1. The maximum atomic E-state index is 12.0. The summed E-state index contributed by atoms with van der Waals surface area (Å²) in [6.07, 6.45) is 1.43. The predicted octanol–water partition coefficient (Wildman–Crippen LogP) is 2.77. The van der Waals surface area contributed by atoms with Crippen LogP contribution in [0, 0.1) is 0 Å². The number of nitrogens with one attached hydrogen (secondary N) is 1. The molecular formula is C14H11ClN2O3. The van der Waals surface area contributed by atoms with Gasteiger partial charge in [-0.05, 0) is 30.3 Å². The van der Waals surface area contributed by atoms with Crippen molar-refractivity contribution in [2.45, 2.75) is 0 Å². The second kappa shape index (κ2) is 6.16. The topological polar surface area (TPSA) is 68.3 Å². The van der Waals surface area contributed by atoms with Crippen molar-refractivity contribution in [3.05, 3.63) is 58.7 Å². The first-order valence-electron chi connectivity index (χ1n) is 5.71. The molecule has 1 aromatic carbocycles. The molecule has 0 aliphatic carbocycles. The zero-order valence-electron chi connectivity index (χ0n) is 10.6. The predicted molar refractivity (Wildman–Crippen MR) is 75.0 cm³/mol. The highest BCUT2D eigenvalue weighted by atomic mass is 35.5. The van der Waals surface area contributed by atoms with Crippen LogP contribution in [0.2, 0.25) is 5.02 Å². The first-order valence-corrected chi connectivity index (χ1v) is 6.09. The lowest BCUT2D eigenvalue weighted by Crippen LogP contribution is -2.13. The highest BCUT2D eigenvalue weighted by Gasteiger charge is 2.11. The van der Waals surface area contributed by atoms with Gasteiger partial charge in [0.25, 0.3) is 5.91 Å². The van der Waals surface area contributed by atoms with Crippen LogP contribution in [0.5, 0.6) is 0 Å². The van der Waals surface area contributed by atoms with E-state index in [1.165, 1.54) is 19.4 Å². The molecule has 0 spiro atoms. The number of esters is 1. The average Bonchev–Trinajstić information content (AvgIpc) is 2.49. The molecule has 0 saturated carbocycles. The van der Waals surface area contributed by atoms with Crippen LogP contribution >= 0.6 is 11.6 Å². The minimum atomic E-state index is -0.496. The first-order chi connectivity index (χ1) is 9.60. The van der Waals surface area contributed by atoms with Crippen LogP contribution in [0.15, 0.2) is 42.6 Å². The average molecular weight is 291 g/mol. The van der Waals surface area contributed by atoms with Gasteiger partial charge in [0, 0.05) is 11.8 Å². The van der Waals surface area contributed by atoms with E-state index in [0.717, 1.165) is 0 Å². The molecule has 20 heavy (non-hydrogen) atoms. The van der Waals surface area contributed by atoms with Crippen LogP contribution in [0.3, 0.4) is 0 Å². The van der Waals surface area contributed by atoms with E-state index in [2.05, 4.69) is 15.0 Å². The number of carbonyl (C=O) groups excluding carboxylic acids is 2. The monoisotopic (exact) mass is 290 g/mol. The largest absolute Gasteiger partial charge is 0.465 e. The van der Waals surface area contributed by atoms with E-state index in [-0.39, 0.29) is 5.91 Å². The summed E-state index contributed by atoms with van der Waals surface area (Å²) < 4.78 is 4.60. The van der Waals surface area contributed by atoms with Gasteiger partial charge in [-0.2, -0.15) is 0 Å². The Hall–Kier alpha value is -2.40. The molecule has 0 radical (unpaired) electrons. The van der Waals surface area contributed by atoms with Gasteiger partial charge in [0.05, 0.1) is 17.7 Å². The van der Waals surface area contributed by atoms with Crippen molar-refractivity contribution in [1.82, 2.24) is 4.98 Å². The number of methoxy groups -OCH3 is 1. The fraction of sp³-hybridized carbons (Fsp3) is 0.0714. The maximum Gasteiger partial charge on any atom is 0.337 e. The molecule has 0 atom stereocenters. The molecule has 1 heterocycles. The van der Waals surface area contributed by atoms with Crippen molar-refractivity contribution < 1.29 is 14.3 Å². The number of rotatable bonds is 3. The van der Waals surface area contributed by atoms with E-state index < -0.39 is 5.97 Å². The van der Waals surface area contributed by atoms with Crippen LogP contribution in [-0.2, 0) is 4.74 Å². The Balaban J connectivity index is 2.17. The summed E-state index contributed by atoms with van der Waals surface area (Å²) >= 11 is 5.71. The molecule has 0 fully saturated rings. The Morgan fingerprint density at radius 3 is 2.60 bits per heavy atom. The summed E-state index contributed by atoms with van der Waals surface area (Å²) in [6.45, 7) is 0. The van der Waals surface area contributed by atoms with Gasteiger partial charge in [0.15, 0.2) is 0 Å². The minimum absolute atomic E-state index is 0.309. The third-order valence-corrected chi connectivity index (χ3v) is 2.74. The number of benzene rings is 1. The van der Waals surface area contributed by atoms with Gasteiger partial charge >= 0.3 is 5.97 Å². The Kier molecular flexibility index (Phi) is 4.32. The maximum absolute atomic E-state index is 12.0. The molecule has 1 N–H and O–H groups in total. The third kappa shape index (κ3) is 3.33. The zero-order valence-corrected chi connectivity index (χ0v) is 11.3. The molecule has 0 bridgehead atoms. The highest BCUT2D eigenvalue weighted by molar-refractivity contribution is 6.30. The van der Waals surface area contributed by atoms with Crippen molar-refractivity contribution in [2.24, 2.45) is 0 Å². The fourth-order valence-electron chi connectivity index (χ4n) is 1.54. The Labute approximate surface area is 120 Å². The second-order valence-corrected chi connectivity index (χ2v) is 4.32. The molecule has 2 aromatic rings. The van der Waals surface area contributed by atoms with Crippen LogP contribution in [-0.4, -0.2) is 24.0 Å². The van der Waals surface area contributed by atoms with E-state index in [9.17, 15) is 9.59 Å². The van der Waals surface area contributed by atoms with Crippen LogP contribution in [0.25, 0.3) is 0 Å². The van der Waals surface area contributed by atoms with Gasteiger partial charge < -0.3 is 10.1 Å². The Morgan fingerprint density at radius 1 is 1.20 bits per heavy atom. The second-order valence-electron chi connectivity index (χ2n) is 3.89.